The van der Waals surface area contributed by atoms with Gasteiger partial charge >= 0.3 is 5.76 Å². The lowest BCUT2D eigenvalue weighted by molar-refractivity contribution is -0.134. The smallest absolute Gasteiger partial charge is 0.408 e. The molecule has 7 nitrogen and oxygen atoms in total. The topological polar surface area (TPSA) is 79.5 Å². The number of rotatable bonds is 2. The van der Waals surface area contributed by atoms with Crippen molar-refractivity contribution in [3.8, 4) is 0 Å². The number of likely N-dealkylation sites (tertiary alicyclic amines) is 1. The number of nitrogens with one attached hydrogen (secondary N) is 2. The van der Waals surface area contributed by atoms with Gasteiger partial charge in [0.15, 0.2) is 5.58 Å². The van der Waals surface area contributed by atoms with Crippen LogP contribution in [0.15, 0.2) is 27.4 Å². The first-order chi connectivity index (χ1) is 13.2. The summed E-state index contributed by atoms with van der Waals surface area (Å²) in [5.41, 5.74) is 7.71. The first-order valence-electron chi connectivity index (χ1n) is 9.84. The molecular formula is C20H27ClN4O3. The van der Waals surface area contributed by atoms with Gasteiger partial charge in [-0.25, -0.2) is 10.2 Å². The molecule has 1 aromatic carbocycles. The third kappa shape index (κ3) is 3.58. The Labute approximate surface area is 169 Å². The van der Waals surface area contributed by atoms with Gasteiger partial charge in [-0.1, -0.05) is 32.4 Å². The molecule has 2 aliphatic heterocycles. The second-order valence-electron chi connectivity index (χ2n) is 8.93. The van der Waals surface area contributed by atoms with Gasteiger partial charge in [-0.15, -0.1) is 0 Å². The molecule has 2 aliphatic rings. The van der Waals surface area contributed by atoms with E-state index in [2.05, 4.69) is 31.6 Å². The molecule has 3 unspecified atom stereocenters. The highest BCUT2D eigenvalue weighted by Crippen LogP contribution is 2.29. The van der Waals surface area contributed by atoms with Gasteiger partial charge in [0.05, 0.1) is 11.6 Å². The van der Waals surface area contributed by atoms with Gasteiger partial charge in [0, 0.05) is 24.2 Å². The molecule has 152 valence electrons. The second kappa shape index (κ2) is 7.21. The van der Waals surface area contributed by atoms with Crippen LogP contribution in [0.25, 0.3) is 11.1 Å². The number of oxazole rings is 1. The number of carbonyl (C=O) groups excluding carboxylic acids is 1. The minimum atomic E-state index is -0.398. The van der Waals surface area contributed by atoms with Crippen LogP contribution in [0.2, 0.25) is 5.02 Å². The molecule has 2 fully saturated rings. The summed E-state index contributed by atoms with van der Waals surface area (Å²) in [6, 6.07) is 5.05. The highest BCUT2D eigenvalue weighted by molar-refractivity contribution is 6.31. The fourth-order valence-electron chi connectivity index (χ4n) is 4.23. The fourth-order valence-corrected chi connectivity index (χ4v) is 4.39. The lowest BCUT2D eigenvalue weighted by Crippen LogP contribution is -2.50. The van der Waals surface area contributed by atoms with Crippen LogP contribution in [0.5, 0.6) is 0 Å². The van der Waals surface area contributed by atoms with Gasteiger partial charge in [0.25, 0.3) is 0 Å². The van der Waals surface area contributed by atoms with Crippen LogP contribution < -0.4 is 16.6 Å². The van der Waals surface area contributed by atoms with Crippen LogP contribution in [0.1, 0.15) is 46.1 Å². The van der Waals surface area contributed by atoms with Crippen LogP contribution in [0.3, 0.4) is 0 Å². The molecule has 2 saturated heterocycles. The summed E-state index contributed by atoms with van der Waals surface area (Å²) in [5, 5.41) is 0.556. The second-order valence-corrected chi connectivity index (χ2v) is 9.36. The first-order valence-corrected chi connectivity index (χ1v) is 10.2. The molecular weight excluding hydrogens is 380 g/mol. The van der Waals surface area contributed by atoms with E-state index in [0.717, 1.165) is 19.3 Å². The van der Waals surface area contributed by atoms with Crippen molar-refractivity contribution in [1.82, 2.24) is 20.3 Å². The van der Waals surface area contributed by atoms with Gasteiger partial charge < -0.3 is 9.32 Å². The molecule has 3 heterocycles. The van der Waals surface area contributed by atoms with Crippen LogP contribution in [-0.2, 0) is 4.79 Å². The third-order valence-electron chi connectivity index (χ3n) is 5.89. The summed E-state index contributed by atoms with van der Waals surface area (Å²) in [6.07, 6.45) is 2.43. The van der Waals surface area contributed by atoms with E-state index >= 15 is 0 Å². The number of amides is 1. The van der Waals surface area contributed by atoms with Crippen LogP contribution in [-0.4, -0.2) is 40.5 Å². The number of fused-ring (bicyclic) bond motifs is 1. The van der Waals surface area contributed by atoms with E-state index < -0.39 is 5.76 Å². The number of nitrogens with zero attached hydrogens (tertiary/aromatic N) is 2. The van der Waals surface area contributed by atoms with E-state index in [-0.39, 0.29) is 29.4 Å². The third-order valence-corrected chi connectivity index (χ3v) is 6.13. The van der Waals surface area contributed by atoms with Crippen LogP contribution >= 0.6 is 11.6 Å². The monoisotopic (exact) mass is 406 g/mol. The lowest BCUT2D eigenvalue weighted by atomic mass is 9.84. The Morgan fingerprint density at radius 2 is 2.07 bits per heavy atom. The van der Waals surface area contributed by atoms with Gasteiger partial charge in [0.2, 0.25) is 5.91 Å². The Balaban J connectivity index is 1.53. The molecule has 0 radical (unpaired) electrons. The summed E-state index contributed by atoms with van der Waals surface area (Å²) < 4.78 is 7.03. The zero-order valence-corrected chi connectivity index (χ0v) is 17.3. The van der Waals surface area contributed by atoms with Crippen molar-refractivity contribution in [2.75, 3.05) is 13.1 Å². The maximum absolute atomic E-state index is 13.1. The Kier molecular flexibility index (Phi) is 5.02. The van der Waals surface area contributed by atoms with E-state index in [1.54, 1.807) is 22.8 Å². The number of piperidine rings is 1. The Morgan fingerprint density at radius 1 is 1.29 bits per heavy atom. The molecule has 2 aromatic rings. The number of carbonyl (C=O) groups is 1. The Morgan fingerprint density at radius 3 is 2.79 bits per heavy atom. The zero-order chi connectivity index (χ0) is 20.1. The van der Waals surface area contributed by atoms with Crippen LogP contribution in [0.4, 0.5) is 0 Å². The molecule has 2 N–H and O–H groups in total. The van der Waals surface area contributed by atoms with Crippen molar-refractivity contribution in [2.24, 2.45) is 5.41 Å². The number of hydrazine groups is 1. The molecule has 1 amide bonds. The average molecular weight is 407 g/mol. The molecule has 4 rings (SSSR count). The van der Waals surface area contributed by atoms with Crippen molar-refractivity contribution >= 4 is 28.6 Å². The summed E-state index contributed by atoms with van der Waals surface area (Å²) in [4.78, 5) is 27.4. The minimum absolute atomic E-state index is 0.0781. The molecule has 0 saturated carbocycles. The SMILES string of the molecule is CC(C)(C)C1CC(C(=O)N2CCCC(n3c(=O)oc4ccc(Cl)cc43)C2)NN1. The molecule has 8 heteroatoms. The van der Waals surface area contributed by atoms with Gasteiger partial charge in [0.1, 0.15) is 6.04 Å². The van der Waals surface area contributed by atoms with Crippen molar-refractivity contribution in [3.63, 3.8) is 0 Å². The van der Waals surface area contributed by atoms with Gasteiger partial charge in [-0.2, -0.15) is 0 Å². The fraction of sp³-hybridized carbons (Fsp3) is 0.600. The zero-order valence-electron chi connectivity index (χ0n) is 16.5. The standard InChI is InChI=1S/C20H27ClN4O3/c1-20(2,3)17-10-14(22-23-17)18(26)24-8-4-5-13(11-24)25-15-9-12(21)6-7-16(15)28-19(25)27/h6-7,9,13-14,17,22-23H,4-5,8,10-11H2,1-3H3. The van der Waals surface area contributed by atoms with Crippen molar-refractivity contribution in [1.29, 1.82) is 0 Å². The van der Waals surface area contributed by atoms with Gasteiger partial charge in [-0.05, 0) is 42.9 Å². The van der Waals surface area contributed by atoms with E-state index in [0.29, 0.717) is 29.2 Å². The summed E-state index contributed by atoms with van der Waals surface area (Å²) in [7, 11) is 0. The Hall–Kier alpha value is -1.83. The summed E-state index contributed by atoms with van der Waals surface area (Å²) >= 11 is 6.12. The highest BCUT2D eigenvalue weighted by atomic mass is 35.5. The molecule has 0 spiro atoms. The van der Waals surface area contributed by atoms with E-state index in [1.165, 1.54) is 0 Å². The van der Waals surface area contributed by atoms with E-state index in [1.807, 2.05) is 4.90 Å². The summed E-state index contributed by atoms with van der Waals surface area (Å²) in [6.45, 7) is 7.70. The number of hydrogen-bond acceptors (Lipinski definition) is 5. The molecule has 28 heavy (non-hydrogen) atoms. The van der Waals surface area contributed by atoms with E-state index in [9.17, 15) is 9.59 Å². The quantitative estimate of drug-likeness (QED) is 0.801. The van der Waals surface area contributed by atoms with Crippen molar-refractivity contribution in [3.05, 3.63) is 33.8 Å². The van der Waals surface area contributed by atoms with Gasteiger partial charge in [-0.3, -0.25) is 14.8 Å². The average Bonchev–Trinajstić information content (AvgIpc) is 3.25. The predicted molar refractivity (Wildman–Crippen MR) is 108 cm³/mol. The Bertz CT molecular complexity index is 945. The van der Waals surface area contributed by atoms with E-state index in [4.69, 9.17) is 16.0 Å². The number of benzene rings is 1. The lowest BCUT2D eigenvalue weighted by Gasteiger charge is -2.34. The van der Waals surface area contributed by atoms with Crippen molar-refractivity contribution < 1.29 is 9.21 Å². The molecule has 1 aromatic heterocycles. The predicted octanol–water partition coefficient (Wildman–Crippen LogP) is 2.69. The number of halogens is 1. The normalized spacial score (nSPS) is 26.1. The van der Waals surface area contributed by atoms with Crippen molar-refractivity contribution in [2.45, 2.75) is 58.2 Å². The maximum Gasteiger partial charge on any atom is 0.420 e. The molecule has 0 bridgehead atoms. The largest absolute Gasteiger partial charge is 0.420 e. The maximum atomic E-state index is 13.1. The summed E-state index contributed by atoms with van der Waals surface area (Å²) in [5.74, 6) is -0.312. The highest BCUT2D eigenvalue weighted by Gasteiger charge is 2.39. The number of hydrogen-bond donors (Lipinski definition) is 2. The minimum Gasteiger partial charge on any atom is -0.408 e. The molecule has 0 aliphatic carbocycles. The van der Waals surface area contributed by atoms with Crippen LogP contribution in [0, 0.1) is 5.41 Å². The molecule has 3 atom stereocenters. The first kappa shape index (κ1) is 19.5. The number of aromatic nitrogens is 1.